The van der Waals surface area contributed by atoms with Crippen LogP contribution in [-0.4, -0.2) is 40.0 Å². The van der Waals surface area contributed by atoms with Gasteiger partial charge in [-0.05, 0) is 43.2 Å². The van der Waals surface area contributed by atoms with Gasteiger partial charge in [0.15, 0.2) is 5.82 Å². The molecule has 2 N–H and O–H groups in total. The van der Waals surface area contributed by atoms with Crippen molar-refractivity contribution in [3.8, 4) is 5.75 Å². The quantitative estimate of drug-likeness (QED) is 0.436. The second-order valence-electron chi connectivity index (χ2n) is 8.71. The summed E-state index contributed by atoms with van der Waals surface area (Å²) in [7, 11) is 0. The summed E-state index contributed by atoms with van der Waals surface area (Å²) in [5, 5.41) is 9.99. The van der Waals surface area contributed by atoms with Crippen molar-refractivity contribution in [1.82, 2.24) is 15.1 Å². The van der Waals surface area contributed by atoms with Crippen molar-refractivity contribution in [1.29, 1.82) is 0 Å². The first kappa shape index (κ1) is 26.3. The number of carbonyl (C=O) groups is 2. The molecule has 2 aromatic carbocycles. The average molecular weight is 528 g/mol. The highest BCUT2D eigenvalue weighted by Gasteiger charge is 2.38. The van der Waals surface area contributed by atoms with Crippen LogP contribution < -0.4 is 10.1 Å². The number of anilines is 1. The smallest absolute Gasteiger partial charge is 0.416 e. The number of hydrogen-bond acceptors (Lipinski definition) is 4. The van der Waals surface area contributed by atoms with Crippen molar-refractivity contribution in [3.63, 3.8) is 0 Å². The summed E-state index contributed by atoms with van der Waals surface area (Å²) in [5.74, 6) is -0.315. The zero-order valence-electron chi connectivity index (χ0n) is 19.5. The van der Waals surface area contributed by atoms with Gasteiger partial charge in [-0.15, -0.1) is 0 Å². The Morgan fingerprint density at radius 2 is 1.76 bits per heavy atom. The second-order valence-corrected chi connectivity index (χ2v) is 8.71. The SMILES string of the molecule is CC(=O)N1CCC(C(=O)Nc2n[nH]c3ccc(OCc4ccc(C(F)(F)F)cc4C(F)(F)F)cc23)CC1. The Balaban J connectivity index is 1.48. The van der Waals surface area contributed by atoms with E-state index in [4.69, 9.17) is 4.74 Å². The number of H-pyrrole nitrogens is 1. The van der Waals surface area contributed by atoms with Crippen LogP contribution in [0.2, 0.25) is 0 Å². The van der Waals surface area contributed by atoms with Gasteiger partial charge in [-0.3, -0.25) is 14.7 Å². The predicted molar refractivity (Wildman–Crippen MR) is 120 cm³/mol. The number of alkyl halides is 6. The van der Waals surface area contributed by atoms with Gasteiger partial charge >= 0.3 is 12.4 Å². The van der Waals surface area contributed by atoms with Crippen LogP contribution in [0.5, 0.6) is 5.75 Å². The normalized spacial score (nSPS) is 15.2. The number of hydrogen-bond donors (Lipinski definition) is 2. The second kappa shape index (κ2) is 9.94. The number of aromatic amines is 1. The molecular formula is C24H22F6N4O3. The van der Waals surface area contributed by atoms with Crippen LogP contribution in [0.1, 0.15) is 36.5 Å². The molecule has 3 aromatic rings. The lowest BCUT2D eigenvalue weighted by Crippen LogP contribution is -2.40. The number of nitrogens with zero attached hydrogens (tertiary/aromatic N) is 2. The van der Waals surface area contributed by atoms with E-state index < -0.39 is 35.6 Å². The van der Waals surface area contributed by atoms with E-state index in [0.717, 1.165) is 6.07 Å². The van der Waals surface area contributed by atoms with Gasteiger partial charge in [0.1, 0.15) is 12.4 Å². The fraction of sp³-hybridized carbons (Fsp3) is 0.375. The standard InChI is InChI=1S/C24H22F6N4O3/c1-13(35)34-8-6-14(7-9-34)22(36)31-21-18-11-17(4-5-20(18)32-33-21)37-12-15-2-3-16(23(25,26)27)10-19(15)24(28,29)30/h2-5,10-11,14H,6-9,12H2,1H3,(H2,31,32,33,36). The number of benzene rings is 2. The predicted octanol–water partition coefficient (Wildman–Crippen LogP) is 5.38. The molecule has 0 atom stereocenters. The number of nitrogens with one attached hydrogen (secondary N) is 2. The molecular weight excluding hydrogens is 506 g/mol. The molecule has 2 amide bonds. The molecule has 1 aliphatic rings. The summed E-state index contributed by atoms with van der Waals surface area (Å²) < 4.78 is 84.4. The Hall–Kier alpha value is -3.77. The molecule has 0 aliphatic carbocycles. The molecule has 4 rings (SSSR count). The summed E-state index contributed by atoms with van der Waals surface area (Å²) in [5.41, 5.74) is -2.77. The first-order valence-electron chi connectivity index (χ1n) is 11.3. The molecule has 0 spiro atoms. The maximum atomic E-state index is 13.4. The maximum Gasteiger partial charge on any atom is 0.416 e. The number of ether oxygens (including phenoxy) is 1. The van der Waals surface area contributed by atoms with Gasteiger partial charge in [0.05, 0.1) is 16.6 Å². The largest absolute Gasteiger partial charge is 0.489 e. The number of carbonyl (C=O) groups excluding carboxylic acids is 2. The molecule has 0 bridgehead atoms. The van der Waals surface area contributed by atoms with Crippen LogP contribution in [-0.2, 0) is 28.5 Å². The topological polar surface area (TPSA) is 87.3 Å². The number of halogens is 6. The molecule has 0 radical (unpaired) electrons. The zero-order chi connectivity index (χ0) is 27.0. The highest BCUT2D eigenvalue weighted by atomic mass is 19.4. The van der Waals surface area contributed by atoms with Crippen molar-refractivity contribution in [2.24, 2.45) is 5.92 Å². The summed E-state index contributed by atoms with van der Waals surface area (Å²) >= 11 is 0. The number of likely N-dealkylation sites (tertiary alicyclic amines) is 1. The van der Waals surface area contributed by atoms with E-state index in [1.165, 1.54) is 19.1 Å². The lowest BCUT2D eigenvalue weighted by molar-refractivity contribution is -0.143. The summed E-state index contributed by atoms with van der Waals surface area (Å²) in [6, 6.07) is 5.85. The highest BCUT2D eigenvalue weighted by molar-refractivity contribution is 6.00. The average Bonchev–Trinajstić information content (AvgIpc) is 3.23. The molecule has 1 saturated heterocycles. The highest BCUT2D eigenvalue weighted by Crippen LogP contribution is 2.38. The van der Waals surface area contributed by atoms with Crippen LogP contribution in [0.15, 0.2) is 36.4 Å². The van der Waals surface area contributed by atoms with Crippen LogP contribution in [0.3, 0.4) is 0 Å². The molecule has 1 fully saturated rings. The van der Waals surface area contributed by atoms with E-state index in [9.17, 15) is 35.9 Å². The molecule has 2 heterocycles. The van der Waals surface area contributed by atoms with Gasteiger partial charge in [-0.1, -0.05) is 6.07 Å². The molecule has 37 heavy (non-hydrogen) atoms. The fourth-order valence-electron chi connectivity index (χ4n) is 4.16. The van der Waals surface area contributed by atoms with E-state index >= 15 is 0 Å². The molecule has 1 aromatic heterocycles. The van der Waals surface area contributed by atoms with E-state index in [2.05, 4.69) is 15.5 Å². The van der Waals surface area contributed by atoms with Crippen molar-refractivity contribution in [3.05, 3.63) is 53.1 Å². The fourth-order valence-corrected chi connectivity index (χ4v) is 4.16. The number of fused-ring (bicyclic) bond motifs is 1. The van der Waals surface area contributed by atoms with Crippen molar-refractivity contribution < 1.29 is 40.7 Å². The van der Waals surface area contributed by atoms with Gasteiger partial charge in [-0.2, -0.15) is 31.4 Å². The Bertz CT molecular complexity index is 1310. The van der Waals surface area contributed by atoms with Crippen molar-refractivity contribution in [2.75, 3.05) is 18.4 Å². The Labute approximate surface area is 206 Å². The lowest BCUT2D eigenvalue weighted by Gasteiger charge is -2.30. The van der Waals surface area contributed by atoms with Gasteiger partial charge in [0.2, 0.25) is 11.8 Å². The van der Waals surface area contributed by atoms with Gasteiger partial charge in [0, 0.05) is 36.9 Å². The summed E-state index contributed by atoms with van der Waals surface area (Å²) in [4.78, 5) is 25.9. The number of aromatic nitrogens is 2. The van der Waals surface area contributed by atoms with Crippen molar-refractivity contribution in [2.45, 2.75) is 38.7 Å². The van der Waals surface area contributed by atoms with Crippen LogP contribution in [0.25, 0.3) is 10.9 Å². The third kappa shape index (κ3) is 5.97. The zero-order valence-corrected chi connectivity index (χ0v) is 19.5. The first-order valence-corrected chi connectivity index (χ1v) is 11.3. The minimum Gasteiger partial charge on any atom is -0.489 e. The third-order valence-electron chi connectivity index (χ3n) is 6.22. The van der Waals surface area contributed by atoms with E-state index in [1.54, 1.807) is 11.0 Å². The molecule has 0 saturated carbocycles. The van der Waals surface area contributed by atoms with Crippen LogP contribution >= 0.6 is 0 Å². The number of amides is 2. The molecule has 198 valence electrons. The molecule has 13 heteroatoms. The van der Waals surface area contributed by atoms with Crippen LogP contribution in [0, 0.1) is 5.92 Å². The Morgan fingerprint density at radius 3 is 2.38 bits per heavy atom. The van der Waals surface area contributed by atoms with Gasteiger partial charge in [-0.25, -0.2) is 0 Å². The van der Waals surface area contributed by atoms with Crippen molar-refractivity contribution >= 4 is 28.5 Å². The van der Waals surface area contributed by atoms with Gasteiger partial charge in [0.25, 0.3) is 0 Å². The Morgan fingerprint density at radius 1 is 1.05 bits per heavy atom. The van der Waals surface area contributed by atoms with E-state index in [-0.39, 0.29) is 35.4 Å². The van der Waals surface area contributed by atoms with E-state index in [0.29, 0.717) is 42.9 Å². The Kier molecular flexibility index (Phi) is 7.07. The lowest BCUT2D eigenvalue weighted by atomic mass is 9.96. The summed E-state index contributed by atoms with van der Waals surface area (Å²) in [6.07, 6.45) is -8.93. The number of rotatable bonds is 5. The minimum absolute atomic E-state index is 0.0525. The molecule has 1 aliphatic heterocycles. The maximum absolute atomic E-state index is 13.4. The minimum atomic E-state index is -5.01. The van der Waals surface area contributed by atoms with Gasteiger partial charge < -0.3 is 15.0 Å². The summed E-state index contributed by atoms with van der Waals surface area (Å²) in [6.45, 7) is 1.78. The molecule has 7 nitrogen and oxygen atoms in total. The molecule has 0 unspecified atom stereocenters. The van der Waals surface area contributed by atoms with E-state index in [1.807, 2.05) is 0 Å². The monoisotopic (exact) mass is 528 g/mol. The number of piperidine rings is 1. The van der Waals surface area contributed by atoms with Crippen LogP contribution in [0.4, 0.5) is 32.2 Å². The third-order valence-corrected chi connectivity index (χ3v) is 6.22. The first-order chi connectivity index (χ1) is 17.3.